The van der Waals surface area contributed by atoms with Gasteiger partial charge in [-0.2, -0.15) is 0 Å². The number of nitrogens with zero attached hydrogens (tertiary/aromatic N) is 3. The fourth-order valence-corrected chi connectivity index (χ4v) is 4.39. The van der Waals surface area contributed by atoms with E-state index in [0.29, 0.717) is 26.2 Å². The number of halogens is 2. The lowest BCUT2D eigenvalue weighted by molar-refractivity contribution is 0.139. The monoisotopic (exact) mass is 409 g/mol. The van der Waals surface area contributed by atoms with Crippen LogP contribution in [0.5, 0.6) is 0 Å². The number of hydrogen-bond acceptors (Lipinski definition) is 3. The average molecular weight is 410 g/mol. The molecule has 1 atom stereocenters. The Labute approximate surface area is 168 Å². The molecule has 0 aromatic heterocycles. The molecular formula is C19H25ClFN5O2. The second kappa shape index (κ2) is 8.03. The molecule has 4 rings (SSSR count). The lowest BCUT2D eigenvalue weighted by atomic mass is 10.0. The van der Waals surface area contributed by atoms with Crippen molar-refractivity contribution in [2.24, 2.45) is 0 Å². The van der Waals surface area contributed by atoms with Gasteiger partial charge in [0.05, 0.1) is 5.02 Å². The molecule has 152 valence electrons. The van der Waals surface area contributed by atoms with Gasteiger partial charge in [-0.1, -0.05) is 11.6 Å². The van der Waals surface area contributed by atoms with E-state index < -0.39 is 5.82 Å². The molecule has 3 heterocycles. The van der Waals surface area contributed by atoms with Crippen LogP contribution in [-0.2, 0) is 0 Å². The molecule has 3 fully saturated rings. The lowest BCUT2D eigenvalue weighted by Crippen LogP contribution is -2.52. The van der Waals surface area contributed by atoms with Gasteiger partial charge in [-0.3, -0.25) is 0 Å². The Balaban J connectivity index is 1.25. The van der Waals surface area contributed by atoms with E-state index in [0.717, 1.165) is 38.0 Å². The van der Waals surface area contributed by atoms with E-state index in [9.17, 15) is 14.0 Å². The van der Waals surface area contributed by atoms with Crippen LogP contribution in [0.2, 0.25) is 5.02 Å². The van der Waals surface area contributed by atoms with Crippen LogP contribution in [0.15, 0.2) is 18.2 Å². The minimum atomic E-state index is -0.429. The van der Waals surface area contributed by atoms with E-state index >= 15 is 0 Å². The van der Waals surface area contributed by atoms with Crippen molar-refractivity contribution < 1.29 is 14.0 Å². The van der Waals surface area contributed by atoms with Gasteiger partial charge in [0.1, 0.15) is 5.82 Å². The molecule has 7 nitrogen and oxygen atoms in total. The number of piperidine rings is 1. The molecule has 1 unspecified atom stereocenters. The van der Waals surface area contributed by atoms with Crippen LogP contribution in [0.1, 0.15) is 19.3 Å². The molecule has 0 bridgehead atoms. The van der Waals surface area contributed by atoms with Crippen molar-refractivity contribution in [3.05, 3.63) is 29.0 Å². The fraction of sp³-hybridized carbons (Fsp3) is 0.579. The number of urea groups is 2. The summed E-state index contributed by atoms with van der Waals surface area (Å²) < 4.78 is 13.7. The third kappa shape index (κ3) is 3.97. The molecule has 1 aromatic carbocycles. The third-order valence-electron chi connectivity index (χ3n) is 5.87. The SMILES string of the molecule is O=C(NC1CCN(c2ccc(Cl)c(F)c2)C1)N1CCC(N2CCNC2=O)CC1. The molecule has 3 saturated heterocycles. The smallest absolute Gasteiger partial charge is 0.317 e. The Morgan fingerprint density at radius 1 is 1.18 bits per heavy atom. The van der Waals surface area contributed by atoms with Crippen molar-refractivity contribution in [2.45, 2.75) is 31.3 Å². The minimum absolute atomic E-state index is 0.00702. The van der Waals surface area contributed by atoms with Crippen LogP contribution >= 0.6 is 11.6 Å². The zero-order chi connectivity index (χ0) is 19.7. The number of benzene rings is 1. The molecule has 4 amide bonds. The summed E-state index contributed by atoms with van der Waals surface area (Å²) in [5.74, 6) is -0.429. The number of carbonyl (C=O) groups is 2. The second-order valence-corrected chi connectivity index (χ2v) is 8.03. The molecule has 2 N–H and O–H groups in total. The van der Waals surface area contributed by atoms with Crippen molar-refractivity contribution in [3.63, 3.8) is 0 Å². The van der Waals surface area contributed by atoms with Gasteiger partial charge in [-0.25, -0.2) is 14.0 Å². The zero-order valence-electron chi connectivity index (χ0n) is 15.7. The maximum Gasteiger partial charge on any atom is 0.317 e. The summed E-state index contributed by atoms with van der Waals surface area (Å²) in [6.45, 7) is 4.17. The molecule has 0 saturated carbocycles. The summed E-state index contributed by atoms with van der Waals surface area (Å²) in [6.07, 6.45) is 2.43. The number of likely N-dealkylation sites (tertiary alicyclic amines) is 1. The number of hydrogen-bond donors (Lipinski definition) is 2. The first-order valence-corrected chi connectivity index (χ1v) is 10.2. The summed E-state index contributed by atoms with van der Waals surface area (Å²) >= 11 is 5.75. The van der Waals surface area contributed by atoms with Crippen LogP contribution in [-0.4, -0.2) is 73.2 Å². The number of rotatable bonds is 3. The lowest BCUT2D eigenvalue weighted by Gasteiger charge is -2.36. The molecule has 0 spiro atoms. The van der Waals surface area contributed by atoms with Gasteiger partial charge in [-0.15, -0.1) is 0 Å². The summed E-state index contributed by atoms with van der Waals surface area (Å²) in [5, 5.41) is 6.05. The van der Waals surface area contributed by atoms with Gasteiger partial charge < -0.3 is 25.3 Å². The molecular weight excluding hydrogens is 385 g/mol. The minimum Gasteiger partial charge on any atom is -0.369 e. The van der Waals surface area contributed by atoms with Crippen molar-refractivity contribution in [2.75, 3.05) is 44.2 Å². The average Bonchev–Trinajstić information content (AvgIpc) is 3.33. The maximum atomic E-state index is 13.7. The quantitative estimate of drug-likeness (QED) is 0.804. The summed E-state index contributed by atoms with van der Waals surface area (Å²) in [5.41, 5.74) is 0.781. The van der Waals surface area contributed by atoms with Gasteiger partial charge in [0, 0.05) is 57.0 Å². The Morgan fingerprint density at radius 2 is 1.96 bits per heavy atom. The molecule has 9 heteroatoms. The van der Waals surface area contributed by atoms with Crippen LogP contribution in [0.3, 0.4) is 0 Å². The van der Waals surface area contributed by atoms with Crippen LogP contribution in [0.4, 0.5) is 19.7 Å². The molecule has 3 aliphatic heterocycles. The van der Waals surface area contributed by atoms with Crippen LogP contribution in [0.25, 0.3) is 0 Å². The van der Waals surface area contributed by atoms with Crippen LogP contribution in [0, 0.1) is 5.82 Å². The van der Waals surface area contributed by atoms with Gasteiger partial charge >= 0.3 is 12.1 Å². The van der Waals surface area contributed by atoms with Crippen molar-refractivity contribution >= 4 is 29.4 Å². The van der Waals surface area contributed by atoms with E-state index in [1.807, 2.05) is 9.80 Å². The predicted molar refractivity (Wildman–Crippen MR) is 105 cm³/mol. The van der Waals surface area contributed by atoms with E-state index in [-0.39, 0.29) is 29.2 Å². The number of carbonyl (C=O) groups excluding carboxylic acids is 2. The first-order chi connectivity index (χ1) is 13.5. The molecule has 0 aliphatic carbocycles. The van der Waals surface area contributed by atoms with E-state index in [1.165, 1.54) is 6.07 Å². The first-order valence-electron chi connectivity index (χ1n) is 9.81. The highest BCUT2D eigenvalue weighted by atomic mass is 35.5. The summed E-state index contributed by atoms with van der Waals surface area (Å²) in [7, 11) is 0. The van der Waals surface area contributed by atoms with Crippen LogP contribution < -0.4 is 15.5 Å². The topological polar surface area (TPSA) is 67.9 Å². The zero-order valence-corrected chi connectivity index (χ0v) is 16.4. The largest absolute Gasteiger partial charge is 0.369 e. The van der Waals surface area contributed by atoms with Crippen molar-refractivity contribution in [3.8, 4) is 0 Å². The maximum absolute atomic E-state index is 13.7. The highest BCUT2D eigenvalue weighted by Crippen LogP contribution is 2.25. The second-order valence-electron chi connectivity index (χ2n) is 7.62. The Hall–Kier alpha value is -2.22. The van der Waals surface area contributed by atoms with Gasteiger partial charge in [-0.05, 0) is 37.5 Å². The first kappa shape index (κ1) is 19.1. The highest BCUT2D eigenvalue weighted by molar-refractivity contribution is 6.30. The molecule has 3 aliphatic rings. The van der Waals surface area contributed by atoms with Gasteiger partial charge in [0.2, 0.25) is 0 Å². The van der Waals surface area contributed by atoms with Crippen molar-refractivity contribution in [1.82, 2.24) is 20.4 Å². The summed E-state index contributed by atoms with van der Waals surface area (Å²) in [6, 6.07) is 5.00. The number of anilines is 1. The normalized spacial score (nSPS) is 23.3. The predicted octanol–water partition coefficient (Wildman–Crippen LogP) is 2.26. The Kier molecular flexibility index (Phi) is 5.48. The highest BCUT2D eigenvalue weighted by Gasteiger charge is 2.33. The van der Waals surface area contributed by atoms with E-state index in [4.69, 9.17) is 11.6 Å². The van der Waals surface area contributed by atoms with Crippen molar-refractivity contribution in [1.29, 1.82) is 0 Å². The number of amides is 4. The fourth-order valence-electron chi connectivity index (χ4n) is 4.28. The van der Waals surface area contributed by atoms with E-state index in [2.05, 4.69) is 15.5 Å². The Morgan fingerprint density at radius 3 is 2.64 bits per heavy atom. The standard InChI is InChI=1S/C19H25ClFN5O2/c20-16-2-1-15(11-17(16)21)25-7-3-13(12-25)23-19(28)24-8-4-14(5-9-24)26-10-6-22-18(26)27/h1-2,11,13-14H,3-10,12H2,(H,22,27)(H,23,28). The number of nitrogens with one attached hydrogen (secondary N) is 2. The summed E-state index contributed by atoms with van der Waals surface area (Å²) in [4.78, 5) is 30.2. The molecule has 28 heavy (non-hydrogen) atoms. The van der Waals surface area contributed by atoms with Gasteiger partial charge in [0.15, 0.2) is 0 Å². The molecule has 1 aromatic rings. The van der Waals surface area contributed by atoms with E-state index in [1.54, 1.807) is 12.1 Å². The molecule has 0 radical (unpaired) electrons. The van der Waals surface area contributed by atoms with Gasteiger partial charge in [0.25, 0.3) is 0 Å². The Bertz CT molecular complexity index is 756. The third-order valence-corrected chi connectivity index (χ3v) is 6.17.